The van der Waals surface area contributed by atoms with Crippen LogP contribution in [0.25, 0.3) is 0 Å². The molecule has 0 saturated carbocycles. The zero-order chi connectivity index (χ0) is 45.3. The number of nitrogens with zero attached hydrogens (tertiary/aromatic N) is 6. The molecule has 3 amide bonds. The predicted molar refractivity (Wildman–Crippen MR) is 229 cm³/mol. The van der Waals surface area contributed by atoms with E-state index in [1.54, 1.807) is 101 Å². The summed E-state index contributed by atoms with van der Waals surface area (Å²) in [4.78, 5) is 56.3. The number of carbonyl (C=O) groups is 4. The number of aromatic nitrogens is 2. The molecule has 0 radical (unpaired) electrons. The number of aliphatic carboxylic acids is 1. The van der Waals surface area contributed by atoms with E-state index in [0.29, 0.717) is 30.0 Å². The van der Waals surface area contributed by atoms with E-state index in [1.807, 2.05) is 4.90 Å². The molecule has 1 unspecified atom stereocenters. The third-order valence-corrected chi connectivity index (χ3v) is 10.7. The normalized spacial score (nSPS) is 13.9. The fourth-order valence-electron chi connectivity index (χ4n) is 6.12. The zero-order valence-corrected chi connectivity index (χ0v) is 38.3. The number of carboxylic acids is 1. The second kappa shape index (κ2) is 17.6. The lowest BCUT2D eigenvalue weighted by Gasteiger charge is -2.38. The number of carboxylic acid groups (broad SMARTS) is 1. The van der Waals surface area contributed by atoms with Gasteiger partial charge in [-0.1, -0.05) is 44.0 Å². The maximum Gasteiger partial charge on any atom is 0.419 e. The highest BCUT2D eigenvalue weighted by Gasteiger charge is 2.44. The minimum atomic E-state index is -4.53. The SMILES string of the molecule is CC(C)(C)OC(=O)N(CCN(C(=O)OC(C)(C)C)c1ccc(N2CCc3cc(N(C(C(=O)O)C(C)(C)C)S(=O)(=O)c4cc(Cl)cc(Cl)c4)ccc32)nn1)C(=O)OC(C)(C)C. The van der Waals surface area contributed by atoms with Crippen LogP contribution in [0, 0.1) is 5.41 Å². The average molecular weight is 894 g/mol. The number of sulfonamides is 1. The van der Waals surface area contributed by atoms with E-state index < -0.39 is 62.5 Å². The van der Waals surface area contributed by atoms with Crippen molar-refractivity contribution in [2.45, 2.75) is 117 Å². The molecule has 1 aliphatic rings. The van der Waals surface area contributed by atoms with E-state index in [2.05, 4.69) is 10.2 Å². The molecule has 1 aliphatic heterocycles. The van der Waals surface area contributed by atoms with Crippen molar-refractivity contribution in [1.82, 2.24) is 15.1 Å². The second-order valence-corrected chi connectivity index (χ2v) is 20.9. The fourth-order valence-corrected chi connectivity index (χ4v) is 8.63. The molecule has 1 atom stereocenters. The molecule has 1 aromatic heterocycles. The highest BCUT2D eigenvalue weighted by atomic mass is 35.5. The van der Waals surface area contributed by atoms with Gasteiger partial charge in [0.05, 0.1) is 17.1 Å². The van der Waals surface area contributed by atoms with Crippen LogP contribution in [0.5, 0.6) is 0 Å². The maximum atomic E-state index is 14.3. The van der Waals surface area contributed by atoms with E-state index in [4.69, 9.17) is 37.4 Å². The van der Waals surface area contributed by atoms with Crippen molar-refractivity contribution >= 4 is 80.5 Å². The quantitative estimate of drug-likeness (QED) is 0.190. The van der Waals surface area contributed by atoms with Crippen LogP contribution >= 0.6 is 23.2 Å². The molecular weight excluding hydrogens is 839 g/mol. The lowest BCUT2D eigenvalue weighted by atomic mass is 9.86. The first kappa shape index (κ1) is 47.8. The molecule has 0 aliphatic carbocycles. The Morgan fingerprint density at radius 1 is 0.750 bits per heavy atom. The van der Waals surface area contributed by atoms with Crippen LogP contribution < -0.4 is 14.1 Å². The summed E-state index contributed by atoms with van der Waals surface area (Å²) < 4.78 is 46.1. The number of rotatable bonds is 10. The van der Waals surface area contributed by atoms with Crippen molar-refractivity contribution in [2.24, 2.45) is 5.41 Å². The molecule has 2 aromatic carbocycles. The summed E-state index contributed by atoms with van der Waals surface area (Å²) in [6.45, 7) is 19.7. The number of amides is 3. The zero-order valence-electron chi connectivity index (χ0n) is 36.0. The third-order valence-electron chi connectivity index (χ3n) is 8.47. The molecular formula is C41H54Cl2N6O10S. The largest absolute Gasteiger partial charge is 0.480 e. The molecule has 2 heterocycles. The second-order valence-electron chi connectivity index (χ2n) is 18.2. The van der Waals surface area contributed by atoms with E-state index >= 15 is 0 Å². The van der Waals surface area contributed by atoms with Crippen molar-refractivity contribution in [1.29, 1.82) is 0 Å². The van der Waals surface area contributed by atoms with Crippen LogP contribution in [-0.4, -0.2) is 95.3 Å². The van der Waals surface area contributed by atoms with Gasteiger partial charge >= 0.3 is 24.2 Å². The van der Waals surface area contributed by atoms with Crippen LogP contribution in [0.2, 0.25) is 10.0 Å². The minimum Gasteiger partial charge on any atom is -0.480 e. The number of ether oxygens (including phenoxy) is 3. The Morgan fingerprint density at radius 3 is 1.75 bits per heavy atom. The number of anilines is 4. The van der Waals surface area contributed by atoms with Crippen LogP contribution in [0.15, 0.2) is 53.4 Å². The standard InChI is InChI=1S/C41H54Cl2N6O10S/c1-38(2,3)33(34(50)51)49(60(55,56)29-23-26(42)22-27(43)24-29)28-13-14-30-25(21-28)17-18-46(30)31-15-16-32(45-44-31)47(35(52)57-39(4,5)6)19-20-48(36(53)58-40(7,8)9)37(54)59-41(10,11)12/h13-16,21-24,33H,17-20H2,1-12H3,(H,50,51). The molecule has 60 heavy (non-hydrogen) atoms. The molecule has 0 saturated heterocycles. The summed E-state index contributed by atoms with van der Waals surface area (Å²) in [7, 11) is -4.53. The summed E-state index contributed by atoms with van der Waals surface area (Å²) in [6.07, 6.45) is -2.31. The number of hydrogen-bond acceptors (Lipinski definition) is 12. The van der Waals surface area contributed by atoms with Crippen LogP contribution in [0.3, 0.4) is 0 Å². The van der Waals surface area contributed by atoms with Gasteiger partial charge in [0.15, 0.2) is 11.6 Å². The summed E-state index contributed by atoms with van der Waals surface area (Å²) in [5.74, 6) is -0.908. The van der Waals surface area contributed by atoms with E-state index in [0.717, 1.165) is 14.1 Å². The summed E-state index contributed by atoms with van der Waals surface area (Å²) in [6, 6.07) is 10.3. The van der Waals surface area contributed by atoms with Crippen molar-refractivity contribution in [3.63, 3.8) is 0 Å². The first-order valence-corrected chi connectivity index (χ1v) is 21.3. The van der Waals surface area contributed by atoms with E-state index in [1.165, 1.54) is 30.3 Å². The molecule has 0 spiro atoms. The van der Waals surface area contributed by atoms with Gasteiger partial charge in [-0.2, -0.15) is 0 Å². The van der Waals surface area contributed by atoms with Crippen molar-refractivity contribution in [2.75, 3.05) is 33.7 Å². The molecule has 16 nitrogen and oxygen atoms in total. The van der Waals surface area contributed by atoms with Gasteiger partial charge in [0.25, 0.3) is 10.0 Å². The van der Waals surface area contributed by atoms with Crippen molar-refractivity contribution in [3.8, 4) is 0 Å². The molecule has 1 N–H and O–H groups in total. The molecule has 19 heteroatoms. The smallest absolute Gasteiger partial charge is 0.419 e. The summed E-state index contributed by atoms with van der Waals surface area (Å²) in [5.41, 5.74) is -2.34. The Hall–Kier alpha value is -4.87. The average Bonchev–Trinajstić information content (AvgIpc) is 3.48. The molecule has 328 valence electrons. The Balaban J connectivity index is 1.70. The monoisotopic (exact) mass is 892 g/mol. The van der Waals surface area contributed by atoms with E-state index in [-0.39, 0.29) is 39.5 Å². The topological polar surface area (TPSA) is 189 Å². The maximum absolute atomic E-state index is 14.3. The van der Waals surface area contributed by atoms with Crippen LogP contribution in [-0.2, 0) is 35.4 Å². The fraction of sp³-hybridized carbons (Fsp3) is 0.512. The lowest BCUT2D eigenvalue weighted by molar-refractivity contribution is -0.140. The van der Waals surface area contributed by atoms with E-state index in [9.17, 15) is 32.7 Å². The number of carbonyl (C=O) groups excluding carboxylic acids is 3. The first-order chi connectivity index (χ1) is 27.4. The molecule has 0 fully saturated rings. The lowest BCUT2D eigenvalue weighted by Crippen LogP contribution is -2.52. The van der Waals surface area contributed by atoms with Gasteiger partial charge in [-0.15, -0.1) is 10.2 Å². The Bertz CT molecular complexity index is 2160. The number of halogens is 2. The first-order valence-electron chi connectivity index (χ1n) is 19.1. The highest BCUT2D eigenvalue weighted by Crippen LogP contribution is 2.41. The number of hydrogen-bond donors (Lipinski definition) is 1. The van der Waals surface area contributed by atoms with Gasteiger partial charge in [0.1, 0.15) is 22.8 Å². The Morgan fingerprint density at radius 2 is 1.28 bits per heavy atom. The molecule has 3 aromatic rings. The Kier molecular flexibility index (Phi) is 14.0. The molecule has 0 bridgehead atoms. The number of benzene rings is 2. The van der Waals surface area contributed by atoms with Gasteiger partial charge in [-0.05, 0) is 128 Å². The van der Waals surface area contributed by atoms with Gasteiger partial charge in [0.2, 0.25) is 0 Å². The van der Waals surface area contributed by atoms with Crippen molar-refractivity contribution < 1.29 is 46.9 Å². The van der Waals surface area contributed by atoms with Gasteiger partial charge < -0.3 is 24.2 Å². The van der Waals surface area contributed by atoms with Gasteiger partial charge in [0, 0.05) is 28.8 Å². The van der Waals surface area contributed by atoms with Crippen LogP contribution in [0.1, 0.15) is 88.6 Å². The van der Waals surface area contributed by atoms with Gasteiger partial charge in [-0.25, -0.2) is 32.5 Å². The van der Waals surface area contributed by atoms with Crippen molar-refractivity contribution in [3.05, 3.63) is 64.1 Å². The number of imide groups is 1. The summed E-state index contributed by atoms with van der Waals surface area (Å²) in [5, 5.41) is 19.3. The Labute approximate surface area is 361 Å². The number of fused-ring (bicyclic) bond motifs is 1. The highest BCUT2D eigenvalue weighted by molar-refractivity contribution is 7.93. The molecule has 4 rings (SSSR count). The van der Waals surface area contributed by atoms with Gasteiger partial charge in [-0.3, -0.25) is 9.21 Å². The van der Waals surface area contributed by atoms with Crippen LogP contribution in [0.4, 0.5) is 37.4 Å². The predicted octanol–water partition coefficient (Wildman–Crippen LogP) is 9.09. The third kappa shape index (κ3) is 12.1. The minimum absolute atomic E-state index is 0.0555. The summed E-state index contributed by atoms with van der Waals surface area (Å²) >= 11 is 12.4.